The van der Waals surface area contributed by atoms with E-state index in [-0.39, 0.29) is 0 Å². The molecular weight excluding hydrogens is 574 g/mol. The van der Waals surface area contributed by atoms with Crippen molar-refractivity contribution < 1.29 is 9.15 Å². The van der Waals surface area contributed by atoms with Gasteiger partial charge in [-0.25, -0.2) is 0 Å². The molecule has 1 atom stereocenters. The SMILES string of the molecule is C=C/C=C\C1=C(C)C2(c3ccccc3O1)c1ccccc1-c1ccc(N(c3ccccc3)c3cccc4c3oc3ccccc34)cc12. The molecule has 6 aromatic carbocycles. The smallest absolute Gasteiger partial charge is 0.159 e. The molecule has 224 valence electrons. The summed E-state index contributed by atoms with van der Waals surface area (Å²) in [6.07, 6.45) is 5.77. The van der Waals surface area contributed by atoms with Crippen LogP contribution >= 0.6 is 0 Å². The van der Waals surface area contributed by atoms with Crippen LogP contribution in [0.4, 0.5) is 17.1 Å². The third kappa shape index (κ3) is 3.87. The molecule has 1 unspecified atom stereocenters. The molecule has 0 amide bonds. The lowest BCUT2D eigenvalue weighted by molar-refractivity contribution is 0.399. The van der Waals surface area contributed by atoms with Gasteiger partial charge in [0.25, 0.3) is 0 Å². The molecule has 0 saturated heterocycles. The van der Waals surface area contributed by atoms with Gasteiger partial charge >= 0.3 is 0 Å². The monoisotopic (exact) mass is 605 g/mol. The highest BCUT2D eigenvalue weighted by Crippen LogP contribution is 2.61. The first-order chi connectivity index (χ1) is 23.2. The zero-order valence-electron chi connectivity index (χ0n) is 26.0. The highest BCUT2D eigenvalue weighted by Gasteiger charge is 2.50. The number of benzene rings is 6. The summed E-state index contributed by atoms with van der Waals surface area (Å²) in [7, 11) is 0. The Morgan fingerprint density at radius 2 is 1.36 bits per heavy atom. The fourth-order valence-electron chi connectivity index (χ4n) is 7.78. The quantitative estimate of drug-likeness (QED) is 0.183. The lowest BCUT2D eigenvalue weighted by atomic mass is 9.66. The first kappa shape index (κ1) is 27.3. The minimum Gasteiger partial charge on any atom is -0.457 e. The molecule has 0 N–H and O–H groups in total. The van der Waals surface area contributed by atoms with Gasteiger partial charge in [-0.2, -0.15) is 0 Å². The molecule has 1 aliphatic heterocycles. The van der Waals surface area contributed by atoms with Gasteiger partial charge in [-0.1, -0.05) is 116 Å². The Bertz CT molecular complexity index is 2430. The van der Waals surface area contributed by atoms with Crippen molar-refractivity contribution in [2.24, 2.45) is 0 Å². The standard InChI is InChI=1S/C44H31NO2/c1-3-4-23-40-29(2)44(37-21-11-13-25-42(37)46-40)36-20-10-8-17-32(36)33-27-26-31(28-38(33)44)45(30-15-6-5-7-16-30)39-22-14-19-35-34-18-9-12-24-41(34)47-43(35)39/h3-28H,1H2,2H3/b23-4-. The molecule has 2 heterocycles. The summed E-state index contributed by atoms with van der Waals surface area (Å²) in [6.45, 7) is 6.13. The molecule has 47 heavy (non-hydrogen) atoms. The second-order valence-electron chi connectivity index (χ2n) is 12.1. The summed E-state index contributed by atoms with van der Waals surface area (Å²) < 4.78 is 13.2. The number of fused-ring (bicyclic) bond motifs is 10. The first-order valence-electron chi connectivity index (χ1n) is 16.0. The van der Waals surface area contributed by atoms with E-state index in [1.807, 2.05) is 30.4 Å². The Morgan fingerprint density at radius 1 is 0.638 bits per heavy atom. The van der Waals surface area contributed by atoms with E-state index in [0.29, 0.717) is 0 Å². The highest BCUT2D eigenvalue weighted by atomic mass is 16.5. The number of hydrogen-bond acceptors (Lipinski definition) is 3. The minimum absolute atomic E-state index is 0.550. The summed E-state index contributed by atoms with van der Waals surface area (Å²) >= 11 is 0. The second-order valence-corrected chi connectivity index (χ2v) is 12.1. The second kappa shape index (κ2) is 10.5. The normalized spacial score (nSPS) is 16.4. The van der Waals surface area contributed by atoms with Gasteiger partial charge in [0.15, 0.2) is 5.58 Å². The van der Waals surface area contributed by atoms with E-state index in [9.17, 15) is 0 Å². The van der Waals surface area contributed by atoms with Gasteiger partial charge in [-0.15, -0.1) is 0 Å². The molecule has 1 spiro atoms. The Kier molecular flexibility index (Phi) is 6.09. The summed E-state index contributed by atoms with van der Waals surface area (Å²) in [5.41, 5.74) is 11.5. The van der Waals surface area contributed by atoms with E-state index in [1.54, 1.807) is 6.08 Å². The molecule has 0 radical (unpaired) electrons. The Hall–Kier alpha value is -6.06. The van der Waals surface area contributed by atoms with E-state index in [0.717, 1.165) is 61.6 Å². The van der Waals surface area contributed by atoms with Crippen LogP contribution in [0, 0.1) is 0 Å². The van der Waals surface area contributed by atoms with E-state index < -0.39 is 5.41 Å². The van der Waals surface area contributed by atoms with Crippen LogP contribution in [0.5, 0.6) is 5.75 Å². The largest absolute Gasteiger partial charge is 0.457 e. The topological polar surface area (TPSA) is 25.6 Å². The van der Waals surface area contributed by atoms with Crippen molar-refractivity contribution in [2.75, 3.05) is 4.90 Å². The summed E-state index contributed by atoms with van der Waals surface area (Å²) in [6, 6.07) is 49.4. The number of hydrogen-bond donors (Lipinski definition) is 0. The number of allylic oxidation sites excluding steroid dienone is 4. The molecule has 1 aliphatic carbocycles. The van der Waals surface area contributed by atoms with Gasteiger partial charge in [0, 0.05) is 27.7 Å². The Labute approximate surface area is 274 Å². The molecule has 3 nitrogen and oxygen atoms in total. The van der Waals surface area contributed by atoms with Crippen molar-refractivity contribution in [1.82, 2.24) is 0 Å². The van der Waals surface area contributed by atoms with Gasteiger partial charge in [0.05, 0.1) is 11.1 Å². The van der Waals surface area contributed by atoms with Crippen LogP contribution < -0.4 is 9.64 Å². The minimum atomic E-state index is -0.550. The average molecular weight is 606 g/mol. The number of ether oxygens (including phenoxy) is 1. The zero-order valence-corrected chi connectivity index (χ0v) is 26.0. The van der Waals surface area contributed by atoms with Crippen molar-refractivity contribution in [3.05, 3.63) is 192 Å². The molecule has 1 aromatic heterocycles. The van der Waals surface area contributed by atoms with Crippen LogP contribution in [0.15, 0.2) is 180 Å². The van der Waals surface area contributed by atoms with Gasteiger partial charge in [0.1, 0.15) is 17.1 Å². The molecule has 2 aliphatic rings. The van der Waals surface area contributed by atoms with Crippen LogP contribution in [0.3, 0.4) is 0 Å². The third-order valence-electron chi connectivity index (χ3n) is 9.75. The number of anilines is 3. The van der Waals surface area contributed by atoms with E-state index >= 15 is 0 Å². The summed E-state index contributed by atoms with van der Waals surface area (Å²) in [5.74, 6) is 1.70. The number of furan rings is 1. The maximum absolute atomic E-state index is 6.59. The lowest BCUT2D eigenvalue weighted by Gasteiger charge is -2.40. The molecule has 9 rings (SSSR count). The van der Waals surface area contributed by atoms with E-state index in [1.165, 1.54) is 22.3 Å². The molecule has 0 saturated carbocycles. The van der Waals surface area contributed by atoms with Crippen LogP contribution in [0.1, 0.15) is 23.6 Å². The zero-order chi connectivity index (χ0) is 31.5. The number of rotatable bonds is 5. The van der Waals surface area contributed by atoms with Gasteiger partial charge in [0.2, 0.25) is 0 Å². The average Bonchev–Trinajstić information content (AvgIpc) is 3.64. The summed E-state index contributed by atoms with van der Waals surface area (Å²) in [4.78, 5) is 2.32. The van der Waals surface area contributed by atoms with Gasteiger partial charge in [-0.3, -0.25) is 0 Å². The maximum Gasteiger partial charge on any atom is 0.159 e. The van der Waals surface area contributed by atoms with Crippen molar-refractivity contribution in [3.63, 3.8) is 0 Å². The Morgan fingerprint density at radius 3 is 2.23 bits per heavy atom. The van der Waals surface area contributed by atoms with Crippen molar-refractivity contribution in [3.8, 4) is 16.9 Å². The summed E-state index contributed by atoms with van der Waals surface area (Å²) in [5, 5.41) is 2.21. The molecule has 3 heteroatoms. The molecule has 0 bridgehead atoms. The third-order valence-corrected chi connectivity index (χ3v) is 9.75. The Balaban J connectivity index is 1.36. The van der Waals surface area contributed by atoms with Crippen molar-refractivity contribution in [2.45, 2.75) is 12.3 Å². The lowest BCUT2D eigenvalue weighted by Crippen LogP contribution is -2.33. The predicted octanol–water partition coefficient (Wildman–Crippen LogP) is 11.8. The fourth-order valence-corrected chi connectivity index (χ4v) is 7.78. The highest BCUT2D eigenvalue weighted by molar-refractivity contribution is 6.10. The fraction of sp³-hybridized carbons (Fsp3) is 0.0455. The van der Waals surface area contributed by atoms with Crippen LogP contribution in [0.2, 0.25) is 0 Å². The van der Waals surface area contributed by atoms with Gasteiger partial charge < -0.3 is 14.1 Å². The predicted molar refractivity (Wildman–Crippen MR) is 193 cm³/mol. The van der Waals surface area contributed by atoms with Crippen molar-refractivity contribution >= 4 is 39.0 Å². The van der Waals surface area contributed by atoms with Crippen molar-refractivity contribution in [1.29, 1.82) is 0 Å². The number of nitrogens with zero attached hydrogens (tertiary/aromatic N) is 1. The molecule has 0 fully saturated rings. The first-order valence-corrected chi connectivity index (χ1v) is 16.0. The van der Waals surface area contributed by atoms with Gasteiger partial charge in [-0.05, 0) is 83.3 Å². The van der Waals surface area contributed by atoms with Crippen LogP contribution in [-0.4, -0.2) is 0 Å². The van der Waals surface area contributed by atoms with Crippen LogP contribution in [-0.2, 0) is 5.41 Å². The molecular formula is C44H31NO2. The van der Waals surface area contributed by atoms with Crippen LogP contribution in [0.25, 0.3) is 33.1 Å². The van der Waals surface area contributed by atoms with E-state index in [4.69, 9.17) is 9.15 Å². The number of para-hydroxylation sites is 4. The molecule has 7 aromatic rings. The van der Waals surface area contributed by atoms with E-state index in [2.05, 4.69) is 140 Å². The maximum atomic E-state index is 6.59.